The summed E-state index contributed by atoms with van der Waals surface area (Å²) >= 11 is 0. The van der Waals surface area contributed by atoms with Crippen LogP contribution in [-0.4, -0.2) is 35.6 Å². The highest BCUT2D eigenvalue weighted by Gasteiger charge is 2.29. The van der Waals surface area contributed by atoms with Gasteiger partial charge in [-0.25, -0.2) is 0 Å². The summed E-state index contributed by atoms with van der Waals surface area (Å²) in [6.45, 7) is 1.27. The molecule has 0 radical (unpaired) electrons. The van der Waals surface area contributed by atoms with E-state index in [1.165, 1.54) is 11.1 Å². The highest BCUT2D eigenvalue weighted by molar-refractivity contribution is 6.23. The summed E-state index contributed by atoms with van der Waals surface area (Å²) in [5.41, 5.74) is 11.2. The SMILES string of the molecule is NC(=O)c1ccc2c(c1)C(=O)c1cc(C(=O)N(CCCc3ccccc3)CCCc3ccccc3)ccc1-2. The van der Waals surface area contributed by atoms with E-state index in [2.05, 4.69) is 24.3 Å². The Balaban J connectivity index is 1.34. The van der Waals surface area contributed by atoms with Crippen LogP contribution in [0.3, 0.4) is 0 Å². The van der Waals surface area contributed by atoms with Crippen LogP contribution in [0.2, 0.25) is 0 Å². The number of carbonyl (C=O) groups is 3. The molecular formula is C33H30N2O3. The van der Waals surface area contributed by atoms with Crippen LogP contribution in [0.15, 0.2) is 97.1 Å². The van der Waals surface area contributed by atoms with Gasteiger partial charge in [-0.1, -0.05) is 72.8 Å². The lowest BCUT2D eigenvalue weighted by Gasteiger charge is -2.23. The second kappa shape index (κ2) is 11.3. The van der Waals surface area contributed by atoms with Gasteiger partial charge in [0.15, 0.2) is 5.78 Å². The molecule has 0 aromatic heterocycles. The first-order valence-corrected chi connectivity index (χ1v) is 13.0. The van der Waals surface area contributed by atoms with Crippen molar-refractivity contribution in [1.82, 2.24) is 4.90 Å². The molecule has 0 fully saturated rings. The molecular weight excluding hydrogens is 472 g/mol. The fourth-order valence-corrected chi connectivity index (χ4v) is 5.10. The molecule has 5 nitrogen and oxygen atoms in total. The van der Waals surface area contributed by atoms with Gasteiger partial charge in [0.1, 0.15) is 0 Å². The molecule has 0 saturated heterocycles. The zero-order valence-corrected chi connectivity index (χ0v) is 21.2. The molecule has 0 spiro atoms. The Morgan fingerprint density at radius 1 is 0.605 bits per heavy atom. The molecule has 0 bridgehead atoms. The van der Waals surface area contributed by atoms with Crippen LogP contribution in [0.4, 0.5) is 0 Å². The second-order valence-electron chi connectivity index (χ2n) is 9.68. The average Bonchev–Trinajstić information content (AvgIpc) is 3.23. The number of aryl methyl sites for hydroxylation is 2. The van der Waals surface area contributed by atoms with Crippen LogP contribution in [-0.2, 0) is 12.8 Å². The van der Waals surface area contributed by atoms with E-state index in [1.807, 2.05) is 47.4 Å². The summed E-state index contributed by atoms with van der Waals surface area (Å²) in [6, 6.07) is 30.8. The van der Waals surface area contributed by atoms with Gasteiger partial charge in [0.25, 0.3) is 5.91 Å². The summed E-state index contributed by atoms with van der Waals surface area (Å²) in [6.07, 6.45) is 3.49. The zero-order chi connectivity index (χ0) is 26.5. The van der Waals surface area contributed by atoms with Crippen molar-refractivity contribution in [3.05, 3.63) is 130 Å². The monoisotopic (exact) mass is 502 g/mol. The predicted molar refractivity (Wildman–Crippen MR) is 149 cm³/mol. The topological polar surface area (TPSA) is 80.5 Å². The number of primary amides is 1. The molecule has 2 amide bonds. The van der Waals surface area contributed by atoms with Crippen molar-refractivity contribution in [2.24, 2.45) is 5.73 Å². The molecule has 0 aliphatic heterocycles. The fraction of sp³-hybridized carbons (Fsp3) is 0.182. The number of carbonyl (C=O) groups excluding carboxylic acids is 3. The summed E-state index contributed by atoms with van der Waals surface area (Å²) in [4.78, 5) is 40.4. The summed E-state index contributed by atoms with van der Waals surface area (Å²) < 4.78 is 0. The summed E-state index contributed by atoms with van der Waals surface area (Å²) in [5.74, 6) is -0.836. The Morgan fingerprint density at radius 3 is 1.58 bits per heavy atom. The van der Waals surface area contributed by atoms with Crippen molar-refractivity contribution in [2.75, 3.05) is 13.1 Å². The van der Waals surface area contributed by atoms with E-state index in [9.17, 15) is 14.4 Å². The Hall–Kier alpha value is -4.51. The van der Waals surface area contributed by atoms with Gasteiger partial charge in [0.2, 0.25) is 5.91 Å². The third kappa shape index (κ3) is 5.42. The summed E-state index contributed by atoms with van der Waals surface area (Å²) in [7, 11) is 0. The largest absolute Gasteiger partial charge is 0.366 e. The van der Waals surface area contributed by atoms with Gasteiger partial charge in [0, 0.05) is 35.3 Å². The minimum atomic E-state index is -0.575. The van der Waals surface area contributed by atoms with E-state index in [4.69, 9.17) is 5.73 Å². The number of rotatable bonds is 10. The maximum Gasteiger partial charge on any atom is 0.253 e. The van der Waals surface area contributed by atoms with Gasteiger partial charge in [-0.2, -0.15) is 0 Å². The Morgan fingerprint density at radius 2 is 1.08 bits per heavy atom. The summed E-state index contributed by atoms with van der Waals surface area (Å²) in [5, 5.41) is 0. The Bertz CT molecular complexity index is 1430. The van der Waals surface area contributed by atoms with Crippen LogP contribution >= 0.6 is 0 Å². The van der Waals surface area contributed by atoms with Gasteiger partial charge in [0.05, 0.1) is 0 Å². The third-order valence-corrected chi connectivity index (χ3v) is 7.11. The zero-order valence-electron chi connectivity index (χ0n) is 21.2. The van der Waals surface area contributed by atoms with Crippen LogP contribution in [0.5, 0.6) is 0 Å². The van der Waals surface area contributed by atoms with Gasteiger partial charge in [-0.3, -0.25) is 14.4 Å². The highest BCUT2D eigenvalue weighted by Crippen LogP contribution is 2.37. The minimum absolute atomic E-state index is 0.0736. The molecule has 190 valence electrons. The molecule has 4 aromatic carbocycles. The maximum atomic E-state index is 13.7. The maximum absolute atomic E-state index is 13.7. The van der Waals surface area contributed by atoms with Gasteiger partial charge in [-0.05, 0) is 72.2 Å². The fourth-order valence-electron chi connectivity index (χ4n) is 5.10. The Labute approximate surface area is 222 Å². The quantitative estimate of drug-likeness (QED) is 0.266. The number of fused-ring (bicyclic) bond motifs is 3. The van der Waals surface area contributed by atoms with Crippen molar-refractivity contribution in [3.63, 3.8) is 0 Å². The van der Waals surface area contributed by atoms with E-state index >= 15 is 0 Å². The average molecular weight is 503 g/mol. The highest BCUT2D eigenvalue weighted by atomic mass is 16.2. The number of ketones is 1. The van der Waals surface area contributed by atoms with E-state index in [0.29, 0.717) is 35.3 Å². The molecule has 0 unspecified atom stereocenters. The second-order valence-corrected chi connectivity index (χ2v) is 9.68. The van der Waals surface area contributed by atoms with Crippen LogP contribution in [0, 0.1) is 0 Å². The molecule has 1 aliphatic carbocycles. The first-order chi connectivity index (χ1) is 18.5. The van der Waals surface area contributed by atoms with Crippen LogP contribution in [0.25, 0.3) is 11.1 Å². The van der Waals surface area contributed by atoms with E-state index < -0.39 is 5.91 Å². The molecule has 38 heavy (non-hydrogen) atoms. The molecule has 5 heteroatoms. The number of benzene rings is 4. The lowest BCUT2D eigenvalue weighted by Crippen LogP contribution is -2.33. The van der Waals surface area contributed by atoms with E-state index in [1.54, 1.807) is 30.3 Å². The smallest absolute Gasteiger partial charge is 0.253 e. The van der Waals surface area contributed by atoms with Crippen molar-refractivity contribution in [2.45, 2.75) is 25.7 Å². The van der Waals surface area contributed by atoms with Crippen molar-refractivity contribution in [3.8, 4) is 11.1 Å². The normalized spacial score (nSPS) is 11.6. The van der Waals surface area contributed by atoms with Crippen molar-refractivity contribution in [1.29, 1.82) is 0 Å². The standard InChI is InChI=1S/C33H30N2O3/c34-32(37)25-15-17-27-28-18-16-26(22-30(28)31(36)29(27)21-25)33(38)35(19-7-13-23-9-3-1-4-10-23)20-8-14-24-11-5-2-6-12-24/h1-6,9-12,15-18,21-22H,7-8,13-14,19-20H2,(H2,34,37). The van der Waals surface area contributed by atoms with Gasteiger partial charge in [-0.15, -0.1) is 0 Å². The molecule has 4 aromatic rings. The van der Waals surface area contributed by atoms with Crippen molar-refractivity contribution >= 4 is 17.6 Å². The van der Waals surface area contributed by atoms with Crippen LogP contribution < -0.4 is 5.73 Å². The number of hydrogen-bond acceptors (Lipinski definition) is 3. The molecule has 0 saturated carbocycles. The molecule has 5 rings (SSSR count). The number of hydrogen-bond donors (Lipinski definition) is 1. The molecule has 0 atom stereocenters. The lowest BCUT2D eigenvalue weighted by molar-refractivity contribution is 0.0751. The molecule has 2 N–H and O–H groups in total. The van der Waals surface area contributed by atoms with Gasteiger partial charge < -0.3 is 10.6 Å². The minimum Gasteiger partial charge on any atom is -0.366 e. The van der Waals surface area contributed by atoms with Crippen molar-refractivity contribution < 1.29 is 14.4 Å². The van der Waals surface area contributed by atoms with Crippen LogP contribution in [0.1, 0.15) is 60.6 Å². The van der Waals surface area contributed by atoms with Gasteiger partial charge >= 0.3 is 0 Å². The third-order valence-electron chi connectivity index (χ3n) is 7.11. The first kappa shape index (κ1) is 25.2. The first-order valence-electron chi connectivity index (χ1n) is 13.0. The molecule has 1 aliphatic rings. The number of nitrogens with two attached hydrogens (primary N) is 1. The van der Waals surface area contributed by atoms with E-state index in [0.717, 1.165) is 36.8 Å². The lowest BCUT2D eigenvalue weighted by atomic mass is 10.0. The molecule has 0 heterocycles. The number of nitrogens with zero attached hydrogens (tertiary/aromatic N) is 1. The Kier molecular flexibility index (Phi) is 7.45. The van der Waals surface area contributed by atoms with E-state index in [-0.39, 0.29) is 11.7 Å². The number of amides is 2. The predicted octanol–water partition coefficient (Wildman–Crippen LogP) is 5.70.